The summed E-state index contributed by atoms with van der Waals surface area (Å²) in [6.07, 6.45) is -0.330. The lowest BCUT2D eigenvalue weighted by Crippen LogP contribution is -2.51. The first kappa shape index (κ1) is 16.5. The third kappa shape index (κ3) is 3.87. The fourth-order valence-corrected chi connectivity index (χ4v) is 3.21. The number of rotatable bonds is 3. The van der Waals surface area contributed by atoms with Crippen LogP contribution in [-0.4, -0.2) is 48.0 Å². The molecule has 120 valence electrons. The smallest absolute Gasteiger partial charge is 0.158 e. The summed E-state index contributed by atoms with van der Waals surface area (Å²) in [5, 5.41) is 13.8. The van der Waals surface area contributed by atoms with Crippen molar-refractivity contribution in [2.45, 2.75) is 83.4 Å². The second-order valence-electron chi connectivity index (χ2n) is 6.23. The van der Waals surface area contributed by atoms with E-state index in [1.807, 2.05) is 27.7 Å². The normalized spacial score (nSPS) is 47.7. The molecule has 0 saturated carbocycles. The van der Waals surface area contributed by atoms with Gasteiger partial charge in [0.05, 0.1) is 36.6 Å². The van der Waals surface area contributed by atoms with E-state index >= 15 is 0 Å². The summed E-state index contributed by atoms with van der Waals surface area (Å²) in [6, 6.07) is -0.255. The van der Waals surface area contributed by atoms with E-state index in [0.29, 0.717) is 12.8 Å². The molecule has 2 saturated heterocycles. The maximum atomic E-state index is 9.92. The summed E-state index contributed by atoms with van der Waals surface area (Å²) in [5.41, 5.74) is 8.73. The largest absolute Gasteiger partial charge is 0.390 e. The third-order valence-corrected chi connectivity index (χ3v) is 4.37. The van der Waals surface area contributed by atoms with Crippen LogP contribution < -0.4 is 0 Å². The highest BCUT2D eigenvalue weighted by Crippen LogP contribution is 2.31. The minimum absolute atomic E-state index is 0.0438. The van der Waals surface area contributed by atoms with Crippen molar-refractivity contribution in [1.29, 1.82) is 0 Å². The number of hydrogen-bond acceptors (Lipinski definition) is 5. The lowest BCUT2D eigenvalue weighted by atomic mass is 9.93. The van der Waals surface area contributed by atoms with Gasteiger partial charge in [-0.3, -0.25) is 0 Å². The first-order valence-electron chi connectivity index (χ1n) is 7.61. The number of nitrogens with zero attached hydrogens (tertiary/aromatic N) is 3. The van der Waals surface area contributed by atoms with Crippen molar-refractivity contribution in [3.63, 3.8) is 0 Å². The highest BCUT2D eigenvalue weighted by atomic mass is 16.7. The van der Waals surface area contributed by atoms with Gasteiger partial charge in [-0.1, -0.05) is 12.0 Å². The summed E-state index contributed by atoms with van der Waals surface area (Å²) in [5.74, 6) is 0.107. The van der Waals surface area contributed by atoms with E-state index in [0.717, 1.165) is 0 Å². The second-order valence-corrected chi connectivity index (χ2v) is 6.23. The topological polar surface area (TPSA) is 96.7 Å². The Morgan fingerprint density at radius 2 is 1.86 bits per heavy atom. The summed E-state index contributed by atoms with van der Waals surface area (Å²) < 4.78 is 17.5. The van der Waals surface area contributed by atoms with Gasteiger partial charge in [-0.25, -0.2) is 0 Å². The Hall–Kier alpha value is -0.850. The van der Waals surface area contributed by atoms with E-state index in [4.69, 9.17) is 19.7 Å². The van der Waals surface area contributed by atoms with Crippen LogP contribution in [-0.2, 0) is 14.2 Å². The molecule has 2 rings (SSSR count). The summed E-state index contributed by atoms with van der Waals surface area (Å²) in [6.45, 7) is 7.70. The Bertz CT molecular complexity index is 390. The minimum Gasteiger partial charge on any atom is -0.390 e. The van der Waals surface area contributed by atoms with Gasteiger partial charge < -0.3 is 19.3 Å². The highest BCUT2D eigenvalue weighted by molar-refractivity contribution is 4.90. The molecular weight excluding hydrogens is 274 g/mol. The Balaban J connectivity index is 2.03. The van der Waals surface area contributed by atoms with E-state index in [2.05, 4.69) is 10.0 Å². The molecule has 0 aliphatic carbocycles. The van der Waals surface area contributed by atoms with Crippen LogP contribution in [0.2, 0.25) is 0 Å². The maximum absolute atomic E-state index is 9.92. The lowest BCUT2D eigenvalue weighted by Gasteiger charge is -2.42. The minimum atomic E-state index is -0.474. The zero-order chi connectivity index (χ0) is 15.6. The van der Waals surface area contributed by atoms with E-state index in [1.165, 1.54) is 0 Å². The van der Waals surface area contributed by atoms with E-state index in [1.54, 1.807) is 0 Å². The highest BCUT2D eigenvalue weighted by Gasteiger charge is 2.40. The molecule has 2 aliphatic rings. The number of hydrogen-bond donors (Lipinski definition) is 1. The van der Waals surface area contributed by atoms with Gasteiger partial charge in [-0.15, -0.1) is 0 Å². The van der Waals surface area contributed by atoms with Gasteiger partial charge in [0.2, 0.25) is 0 Å². The van der Waals surface area contributed by atoms with Crippen molar-refractivity contribution in [3.8, 4) is 0 Å². The van der Waals surface area contributed by atoms with E-state index < -0.39 is 12.4 Å². The van der Waals surface area contributed by atoms with Crippen molar-refractivity contribution in [3.05, 3.63) is 10.4 Å². The molecule has 0 aromatic heterocycles. The van der Waals surface area contributed by atoms with Crippen LogP contribution in [0.15, 0.2) is 5.11 Å². The number of aliphatic hydroxyl groups excluding tert-OH is 1. The van der Waals surface area contributed by atoms with E-state index in [-0.39, 0.29) is 36.4 Å². The third-order valence-electron chi connectivity index (χ3n) is 4.37. The van der Waals surface area contributed by atoms with Crippen molar-refractivity contribution >= 4 is 0 Å². The fraction of sp³-hybridized carbons (Fsp3) is 1.00. The molecule has 21 heavy (non-hydrogen) atoms. The molecule has 0 radical (unpaired) electrons. The van der Waals surface area contributed by atoms with Gasteiger partial charge >= 0.3 is 0 Å². The van der Waals surface area contributed by atoms with Crippen molar-refractivity contribution < 1.29 is 19.3 Å². The molecule has 2 aliphatic heterocycles. The summed E-state index contributed by atoms with van der Waals surface area (Å²) in [7, 11) is 0. The lowest BCUT2D eigenvalue weighted by molar-refractivity contribution is -0.271. The fourth-order valence-electron chi connectivity index (χ4n) is 3.21. The van der Waals surface area contributed by atoms with Crippen LogP contribution in [0.25, 0.3) is 10.4 Å². The molecule has 0 amide bonds. The van der Waals surface area contributed by atoms with Gasteiger partial charge in [0.25, 0.3) is 0 Å². The molecule has 0 aromatic carbocycles. The van der Waals surface area contributed by atoms with Crippen LogP contribution >= 0.6 is 0 Å². The molecule has 8 atom stereocenters. The summed E-state index contributed by atoms with van der Waals surface area (Å²) >= 11 is 0. The average molecular weight is 299 g/mol. The maximum Gasteiger partial charge on any atom is 0.158 e. The molecular formula is C14H25N3O4. The Labute approximate surface area is 125 Å². The second kappa shape index (κ2) is 6.94. The molecule has 7 heteroatoms. The number of azide groups is 1. The van der Waals surface area contributed by atoms with Gasteiger partial charge in [-0.2, -0.15) is 0 Å². The quantitative estimate of drug-likeness (QED) is 0.491. The van der Waals surface area contributed by atoms with Crippen LogP contribution in [0.1, 0.15) is 40.5 Å². The van der Waals surface area contributed by atoms with Gasteiger partial charge in [0.1, 0.15) is 0 Å². The standard InChI is InChI=1S/C14H25N3O4/c1-7-5-12(20-9(3)13(7)18)21-14-10(4)19-8(2)6-11(14)16-17-15/h7-14,18H,5-6H2,1-4H3. The van der Waals surface area contributed by atoms with Crippen molar-refractivity contribution in [1.82, 2.24) is 0 Å². The first-order valence-corrected chi connectivity index (χ1v) is 7.61. The van der Waals surface area contributed by atoms with E-state index in [9.17, 15) is 5.11 Å². The Morgan fingerprint density at radius 3 is 2.48 bits per heavy atom. The molecule has 2 fully saturated rings. The molecule has 0 bridgehead atoms. The van der Waals surface area contributed by atoms with Crippen molar-refractivity contribution in [2.24, 2.45) is 11.0 Å². The SMILES string of the molecule is CC1CC(N=[N+]=[N-])C(OC2CC(C)C(O)C(C)O2)C(C)O1. The zero-order valence-electron chi connectivity index (χ0n) is 13.0. The van der Waals surface area contributed by atoms with Crippen LogP contribution in [0.5, 0.6) is 0 Å². The predicted octanol–water partition coefficient (Wildman–Crippen LogP) is 2.38. The van der Waals surface area contributed by atoms with Crippen LogP contribution in [0.4, 0.5) is 0 Å². The van der Waals surface area contributed by atoms with Crippen LogP contribution in [0, 0.1) is 5.92 Å². The first-order chi connectivity index (χ1) is 9.92. The zero-order valence-corrected chi connectivity index (χ0v) is 13.0. The monoisotopic (exact) mass is 299 g/mol. The number of ether oxygens (including phenoxy) is 3. The molecule has 1 N–H and O–H groups in total. The van der Waals surface area contributed by atoms with Crippen LogP contribution in [0.3, 0.4) is 0 Å². The average Bonchev–Trinajstić information content (AvgIpc) is 2.40. The Morgan fingerprint density at radius 1 is 1.14 bits per heavy atom. The molecule has 2 heterocycles. The molecule has 8 unspecified atom stereocenters. The van der Waals surface area contributed by atoms with Crippen molar-refractivity contribution in [2.75, 3.05) is 0 Å². The van der Waals surface area contributed by atoms with Gasteiger partial charge in [0.15, 0.2) is 6.29 Å². The molecule has 0 spiro atoms. The molecule has 7 nitrogen and oxygen atoms in total. The Kier molecular flexibility index (Phi) is 5.46. The summed E-state index contributed by atoms with van der Waals surface area (Å²) in [4.78, 5) is 2.92. The van der Waals surface area contributed by atoms with Gasteiger partial charge in [0, 0.05) is 11.3 Å². The predicted molar refractivity (Wildman–Crippen MR) is 76.6 cm³/mol. The van der Waals surface area contributed by atoms with Gasteiger partial charge in [-0.05, 0) is 38.6 Å². The molecule has 0 aromatic rings. The number of aliphatic hydroxyl groups is 1.